The van der Waals surface area contributed by atoms with E-state index >= 15 is 0 Å². The first kappa shape index (κ1) is 17.8. The Morgan fingerprint density at radius 1 is 0.962 bits per heavy atom. The van der Waals surface area contributed by atoms with E-state index in [0.717, 1.165) is 16.3 Å². The van der Waals surface area contributed by atoms with Crippen LogP contribution in [0.3, 0.4) is 0 Å². The normalized spacial score (nSPS) is 11.7. The fraction of sp³-hybridized carbons (Fsp3) is 0.100. The van der Waals surface area contributed by atoms with Gasteiger partial charge in [0.15, 0.2) is 0 Å². The Labute approximate surface area is 156 Å². The third kappa shape index (κ3) is 4.52. The third-order valence-corrected chi connectivity index (χ3v) is 4.26. The van der Waals surface area contributed by atoms with Crippen LogP contribution in [0, 0.1) is 0 Å². The predicted octanol–water partition coefficient (Wildman–Crippen LogP) is 4.23. The second-order valence-corrected chi connectivity index (χ2v) is 6.36. The van der Waals surface area contributed by atoms with Gasteiger partial charge in [0.05, 0.1) is 12.5 Å². The van der Waals surface area contributed by atoms with E-state index in [0.29, 0.717) is 10.7 Å². The Morgan fingerprint density at radius 3 is 2.35 bits per heavy atom. The molecule has 6 heteroatoms. The zero-order valence-electron chi connectivity index (χ0n) is 13.9. The summed E-state index contributed by atoms with van der Waals surface area (Å²) in [5, 5.41) is 8.17. The van der Waals surface area contributed by atoms with Crippen molar-refractivity contribution in [2.45, 2.75) is 12.5 Å². The quantitative estimate of drug-likeness (QED) is 0.630. The standard InChI is InChI=1S/C20H18ClN3O2/c21-16-8-5-14(6-9-16)18(24-20(22)26)12-19(25)23-17-10-7-13-3-1-2-4-15(13)11-17/h1-11,18H,12H2,(H,23,25)(H3,22,24,26). The van der Waals surface area contributed by atoms with Crippen LogP contribution in [-0.4, -0.2) is 11.9 Å². The molecule has 0 spiro atoms. The number of rotatable bonds is 5. The number of primary amides is 1. The summed E-state index contributed by atoms with van der Waals surface area (Å²) >= 11 is 5.89. The van der Waals surface area contributed by atoms with E-state index in [1.165, 1.54) is 0 Å². The van der Waals surface area contributed by atoms with Crippen LogP contribution in [0.1, 0.15) is 18.0 Å². The van der Waals surface area contributed by atoms with E-state index in [4.69, 9.17) is 17.3 Å². The zero-order valence-corrected chi connectivity index (χ0v) is 14.7. The molecule has 0 radical (unpaired) electrons. The second kappa shape index (κ2) is 7.89. The number of urea groups is 1. The molecule has 0 heterocycles. The van der Waals surface area contributed by atoms with Gasteiger partial charge in [0.2, 0.25) is 5.91 Å². The summed E-state index contributed by atoms with van der Waals surface area (Å²) in [5.41, 5.74) is 6.69. The van der Waals surface area contributed by atoms with Gasteiger partial charge in [0, 0.05) is 10.7 Å². The van der Waals surface area contributed by atoms with Crippen molar-refractivity contribution in [1.29, 1.82) is 0 Å². The summed E-state index contributed by atoms with van der Waals surface area (Å²) in [6.45, 7) is 0. The molecule has 0 saturated carbocycles. The monoisotopic (exact) mass is 367 g/mol. The number of nitrogens with two attached hydrogens (primary N) is 1. The molecule has 0 aliphatic rings. The summed E-state index contributed by atoms with van der Waals surface area (Å²) in [6.07, 6.45) is 0.0530. The molecule has 3 rings (SSSR count). The molecular weight excluding hydrogens is 350 g/mol. The number of nitrogens with one attached hydrogen (secondary N) is 2. The molecule has 0 fully saturated rings. The minimum atomic E-state index is -0.691. The first-order valence-electron chi connectivity index (χ1n) is 8.11. The highest BCUT2D eigenvalue weighted by Gasteiger charge is 2.17. The number of hydrogen-bond acceptors (Lipinski definition) is 2. The molecular formula is C20H18ClN3O2. The van der Waals surface area contributed by atoms with Gasteiger partial charge in [0.25, 0.3) is 0 Å². The van der Waals surface area contributed by atoms with E-state index in [9.17, 15) is 9.59 Å². The number of carbonyl (C=O) groups excluding carboxylic acids is 2. The molecule has 132 valence electrons. The first-order valence-corrected chi connectivity index (χ1v) is 8.49. The lowest BCUT2D eigenvalue weighted by Crippen LogP contribution is -2.35. The maximum atomic E-state index is 12.5. The number of carbonyl (C=O) groups is 2. The average Bonchev–Trinajstić information content (AvgIpc) is 2.61. The highest BCUT2D eigenvalue weighted by molar-refractivity contribution is 6.30. The fourth-order valence-electron chi connectivity index (χ4n) is 2.78. The molecule has 26 heavy (non-hydrogen) atoms. The van der Waals surface area contributed by atoms with E-state index in [2.05, 4.69) is 10.6 Å². The summed E-state index contributed by atoms with van der Waals surface area (Å²) < 4.78 is 0. The van der Waals surface area contributed by atoms with Gasteiger partial charge in [0.1, 0.15) is 0 Å². The van der Waals surface area contributed by atoms with Crippen LogP contribution < -0.4 is 16.4 Å². The molecule has 0 aromatic heterocycles. The van der Waals surface area contributed by atoms with E-state index < -0.39 is 12.1 Å². The van der Waals surface area contributed by atoms with Crippen LogP contribution in [0.5, 0.6) is 0 Å². The summed E-state index contributed by atoms with van der Waals surface area (Å²) in [6, 6.07) is 19.3. The largest absolute Gasteiger partial charge is 0.352 e. The average molecular weight is 368 g/mol. The Balaban J connectivity index is 1.73. The second-order valence-electron chi connectivity index (χ2n) is 5.93. The fourth-order valence-corrected chi connectivity index (χ4v) is 2.91. The number of anilines is 1. The van der Waals surface area contributed by atoms with Crippen molar-refractivity contribution >= 4 is 40.0 Å². The van der Waals surface area contributed by atoms with Gasteiger partial charge in [-0.15, -0.1) is 0 Å². The van der Waals surface area contributed by atoms with Crippen LogP contribution in [0.4, 0.5) is 10.5 Å². The topological polar surface area (TPSA) is 84.2 Å². The van der Waals surface area contributed by atoms with Crippen LogP contribution >= 0.6 is 11.6 Å². The molecule has 1 atom stereocenters. The Morgan fingerprint density at radius 2 is 1.65 bits per heavy atom. The molecule has 5 nitrogen and oxygen atoms in total. The van der Waals surface area contributed by atoms with Crippen molar-refractivity contribution in [3.05, 3.63) is 77.3 Å². The maximum Gasteiger partial charge on any atom is 0.312 e. The van der Waals surface area contributed by atoms with Crippen LogP contribution in [0.2, 0.25) is 5.02 Å². The summed E-state index contributed by atoms with van der Waals surface area (Å²) in [7, 11) is 0. The lowest BCUT2D eigenvalue weighted by atomic mass is 10.0. The SMILES string of the molecule is NC(=O)NC(CC(=O)Nc1ccc2ccccc2c1)c1ccc(Cl)cc1. The maximum absolute atomic E-state index is 12.5. The van der Waals surface area contributed by atoms with E-state index in [-0.39, 0.29) is 12.3 Å². The zero-order chi connectivity index (χ0) is 18.5. The van der Waals surface area contributed by atoms with Gasteiger partial charge >= 0.3 is 6.03 Å². The smallest absolute Gasteiger partial charge is 0.312 e. The van der Waals surface area contributed by atoms with Crippen molar-refractivity contribution in [3.63, 3.8) is 0 Å². The molecule has 0 saturated heterocycles. The lowest BCUT2D eigenvalue weighted by Gasteiger charge is -2.18. The molecule has 4 N–H and O–H groups in total. The minimum absolute atomic E-state index is 0.0530. The molecule has 1 unspecified atom stereocenters. The van der Waals surface area contributed by atoms with Crippen molar-refractivity contribution in [2.75, 3.05) is 5.32 Å². The number of amides is 3. The highest BCUT2D eigenvalue weighted by Crippen LogP contribution is 2.22. The van der Waals surface area contributed by atoms with Crippen molar-refractivity contribution in [3.8, 4) is 0 Å². The molecule has 0 aliphatic carbocycles. The molecule has 3 amide bonds. The number of fused-ring (bicyclic) bond motifs is 1. The Hall–Kier alpha value is -3.05. The van der Waals surface area contributed by atoms with Gasteiger partial charge in [-0.05, 0) is 40.6 Å². The predicted molar refractivity (Wildman–Crippen MR) is 104 cm³/mol. The number of hydrogen-bond donors (Lipinski definition) is 3. The van der Waals surface area contributed by atoms with Crippen molar-refractivity contribution in [1.82, 2.24) is 5.32 Å². The number of benzene rings is 3. The summed E-state index contributed by atoms with van der Waals surface area (Å²) in [5.74, 6) is -0.228. The van der Waals surface area contributed by atoms with Crippen molar-refractivity contribution < 1.29 is 9.59 Å². The van der Waals surface area contributed by atoms with E-state index in [1.807, 2.05) is 42.5 Å². The van der Waals surface area contributed by atoms with Gasteiger partial charge in [-0.1, -0.05) is 54.1 Å². The van der Waals surface area contributed by atoms with Gasteiger partial charge in [-0.3, -0.25) is 4.79 Å². The number of halogens is 1. The molecule has 0 aliphatic heterocycles. The lowest BCUT2D eigenvalue weighted by molar-refractivity contribution is -0.116. The Bertz CT molecular complexity index is 941. The van der Waals surface area contributed by atoms with Gasteiger partial charge in [-0.2, -0.15) is 0 Å². The minimum Gasteiger partial charge on any atom is -0.352 e. The van der Waals surface area contributed by atoms with E-state index in [1.54, 1.807) is 24.3 Å². The van der Waals surface area contributed by atoms with Crippen LogP contribution in [0.25, 0.3) is 10.8 Å². The molecule has 3 aromatic rings. The summed E-state index contributed by atoms with van der Waals surface area (Å²) in [4.78, 5) is 23.7. The molecule has 3 aromatic carbocycles. The van der Waals surface area contributed by atoms with Crippen molar-refractivity contribution in [2.24, 2.45) is 5.73 Å². The highest BCUT2D eigenvalue weighted by atomic mass is 35.5. The Kier molecular flexibility index (Phi) is 5.39. The third-order valence-electron chi connectivity index (χ3n) is 4.01. The van der Waals surface area contributed by atoms with Gasteiger partial charge < -0.3 is 16.4 Å². The van der Waals surface area contributed by atoms with Gasteiger partial charge in [-0.25, -0.2) is 4.79 Å². The van der Waals surface area contributed by atoms with Crippen LogP contribution in [-0.2, 0) is 4.79 Å². The van der Waals surface area contributed by atoms with Crippen LogP contribution in [0.15, 0.2) is 66.7 Å². The molecule has 0 bridgehead atoms. The first-order chi connectivity index (χ1) is 12.5.